The molecule has 0 aliphatic rings. The number of benzene rings is 4. The predicted octanol–water partition coefficient (Wildman–Crippen LogP) is 8.32. The molecule has 0 atom stereocenters. The Balaban J connectivity index is 1.46. The van der Waals surface area contributed by atoms with Gasteiger partial charge in [0.1, 0.15) is 11.5 Å². The van der Waals surface area contributed by atoms with Gasteiger partial charge in [0.25, 0.3) is 5.95 Å². The number of rotatable bonds is 8. The van der Waals surface area contributed by atoms with Crippen molar-refractivity contribution in [2.24, 2.45) is 15.3 Å². The zero-order valence-electron chi connectivity index (χ0n) is 20.1. The average molecular weight is 556 g/mol. The summed E-state index contributed by atoms with van der Waals surface area (Å²) in [6, 6.07) is 32.5. The van der Waals surface area contributed by atoms with E-state index < -0.39 is 0 Å². The molecule has 5 aromatic rings. The van der Waals surface area contributed by atoms with Crippen LogP contribution in [0.1, 0.15) is 5.56 Å². The highest BCUT2D eigenvalue weighted by molar-refractivity contribution is 6.42. The van der Waals surface area contributed by atoms with Gasteiger partial charge in [0.2, 0.25) is 5.84 Å². The fourth-order valence-corrected chi connectivity index (χ4v) is 3.45. The van der Waals surface area contributed by atoms with E-state index in [1.54, 1.807) is 42.5 Å². The number of hydrogen-bond acceptors (Lipinski definition) is 8. The first-order chi connectivity index (χ1) is 19.1. The smallest absolute Gasteiger partial charge is 0.330 e. The van der Waals surface area contributed by atoms with Crippen molar-refractivity contribution in [2.45, 2.75) is 0 Å². The van der Waals surface area contributed by atoms with Gasteiger partial charge in [0, 0.05) is 5.56 Å². The number of anilines is 1. The van der Waals surface area contributed by atoms with Gasteiger partial charge in [-0.1, -0.05) is 89.9 Å². The zero-order chi connectivity index (χ0) is 26.9. The fourth-order valence-electron chi connectivity index (χ4n) is 3.15. The van der Waals surface area contributed by atoms with E-state index >= 15 is 0 Å². The minimum Gasteiger partial charge on any atom is -0.424 e. The number of ether oxygens (including phenoxy) is 2. The zero-order valence-corrected chi connectivity index (χ0v) is 21.7. The van der Waals surface area contributed by atoms with Gasteiger partial charge in [-0.15, -0.1) is 15.2 Å². The molecule has 0 aliphatic carbocycles. The maximum Gasteiger partial charge on any atom is 0.330 e. The Morgan fingerprint density at radius 1 is 0.641 bits per heavy atom. The third kappa shape index (κ3) is 7.35. The van der Waals surface area contributed by atoms with Gasteiger partial charge >= 0.3 is 12.0 Å². The van der Waals surface area contributed by atoms with Gasteiger partial charge < -0.3 is 9.47 Å². The number of nitrogens with zero attached hydrogens (tertiary/aromatic N) is 6. The number of hydrogen-bond donors (Lipinski definition) is 1. The Morgan fingerprint density at radius 2 is 1.21 bits per heavy atom. The van der Waals surface area contributed by atoms with Crippen LogP contribution in [0.2, 0.25) is 10.0 Å². The molecule has 11 heteroatoms. The molecule has 1 heterocycles. The van der Waals surface area contributed by atoms with Crippen LogP contribution in [-0.2, 0) is 0 Å². The van der Waals surface area contributed by atoms with Crippen LogP contribution in [0.3, 0.4) is 0 Å². The van der Waals surface area contributed by atoms with E-state index in [9.17, 15) is 0 Å². The highest BCUT2D eigenvalue weighted by Gasteiger charge is 2.12. The van der Waals surface area contributed by atoms with Crippen LogP contribution in [-0.4, -0.2) is 20.8 Å². The molecule has 192 valence electrons. The van der Waals surface area contributed by atoms with Crippen molar-refractivity contribution in [3.8, 4) is 23.5 Å². The second-order valence-corrected chi connectivity index (χ2v) is 8.58. The maximum atomic E-state index is 6.11. The van der Waals surface area contributed by atoms with Crippen molar-refractivity contribution in [2.75, 3.05) is 5.43 Å². The lowest BCUT2D eigenvalue weighted by Crippen LogP contribution is -2.06. The Morgan fingerprint density at radius 3 is 1.77 bits per heavy atom. The lowest BCUT2D eigenvalue weighted by Gasteiger charge is -2.09. The number of azo groups is 1. The summed E-state index contributed by atoms with van der Waals surface area (Å²) in [5, 5.41) is 13.7. The van der Waals surface area contributed by atoms with Gasteiger partial charge in [-0.25, -0.2) is 5.43 Å². The van der Waals surface area contributed by atoms with Crippen LogP contribution in [0.4, 0.5) is 11.6 Å². The SMILES string of the molecule is Clc1ccc(N=N/C(=N\Nc2nc(Oc3ccccc3)nc(Oc3ccccc3)n2)c2ccccc2)cc1Cl. The molecule has 1 aromatic heterocycles. The molecule has 4 aromatic carbocycles. The van der Waals surface area contributed by atoms with E-state index in [4.69, 9.17) is 32.7 Å². The lowest BCUT2D eigenvalue weighted by molar-refractivity contribution is 0.398. The van der Waals surface area contributed by atoms with Gasteiger partial charge in [0.15, 0.2) is 0 Å². The van der Waals surface area contributed by atoms with Gasteiger partial charge in [-0.3, -0.25) is 0 Å². The Bertz CT molecular complexity index is 1540. The Kier molecular flexibility index (Phi) is 8.32. The van der Waals surface area contributed by atoms with E-state index in [-0.39, 0.29) is 23.8 Å². The standard InChI is InChI=1S/C28H19Cl2N7O2/c29-23-17-16-20(18-24(23)30)34-35-25(19-10-4-1-5-11-19)36-37-26-31-27(38-21-12-6-2-7-13-21)33-28(32-26)39-22-14-8-3-9-15-22/h1-18H,(H,31,32,33,37)/b35-34?,36-25-. The quantitative estimate of drug-likeness (QED) is 0.0892. The van der Waals surface area contributed by atoms with Crippen molar-refractivity contribution in [1.82, 2.24) is 15.0 Å². The summed E-state index contributed by atoms with van der Waals surface area (Å²) < 4.78 is 11.6. The molecular formula is C28H19Cl2N7O2. The first-order valence-corrected chi connectivity index (χ1v) is 12.4. The molecular weight excluding hydrogens is 537 g/mol. The maximum absolute atomic E-state index is 6.11. The van der Waals surface area contributed by atoms with Gasteiger partial charge in [-0.2, -0.15) is 15.1 Å². The molecule has 0 aliphatic heterocycles. The second-order valence-electron chi connectivity index (χ2n) is 7.77. The normalized spacial score (nSPS) is 11.4. The highest BCUT2D eigenvalue weighted by atomic mass is 35.5. The molecule has 0 spiro atoms. The summed E-state index contributed by atoms with van der Waals surface area (Å²) in [6.45, 7) is 0. The van der Waals surface area contributed by atoms with Crippen molar-refractivity contribution in [3.63, 3.8) is 0 Å². The minimum atomic E-state index is 0.0125. The first kappa shape index (κ1) is 25.8. The minimum absolute atomic E-state index is 0.0125. The number of nitrogens with one attached hydrogen (secondary N) is 1. The van der Waals surface area contributed by atoms with E-state index in [0.29, 0.717) is 32.8 Å². The molecule has 0 unspecified atom stereocenters. The fraction of sp³-hybridized carbons (Fsp3) is 0. The lowest BCUT2D eigenvalue weighted by atomic mass is 10.2. The molecule has 0 fully saturated rings. The second kappa shape index (κ2) is 12.6. The van der Waals surface area contributed by atoms with Crippen molar-refractivity contribution < 1.29 is 9.47 Å². The number of aromatic nitrogens is 3. The number of amidine groups is 1. The molecule has 1 N–H and O–H groups in total. The summed E-state index contributed by atoms with van der Waals surface area (Å²) in [4.78, 5) is 12.9. The monoisotopic (exact) mass is 555 g/mol. The predicted molar refractivity (Wildman–Crippen MR) is 150 cm³/mol. The van der Waals surface area contributed by atoms with E-state index in [1.807, 2.05) is 66.7 Å². The van der Waals surface area contributed by atoms with Crippen molar-refractivity contribution >= 4 is 40.7 Å². The van der Waals surface area contributed by atoms with E-state index in [2.05, 4.69) is 35.7 Å². The van der Waals surface area contributed by atoms with Crippen LogP contribution < -0.4 is 14.9 Å². The Hall–Kier alpha value is -4.86. The molecule has 0 saturated carbocycles. The average Bonchev–Trinajstić information content (AvgIpc) is 2.96. The highest BCUT2D eigenvalue weighted by Crippen LogP contribution is 2.27. The van der Waals surface area contributed by atoms with Crippen molar-refractivity contribution in [1.29, 1.82) is 0 Å². The molecule has 0 amide bonds. The van der Waals surface area contributed by atoms with Crippen LogP contribution in [0.5, 0.6) is 23.5 Å². The Labute approximate surface area is 233 Å². The van der Waals surface area contributed by atoms with Gasteiger partial charge in [0.05, 0.1) is 15.7 Å². The summed E-state index contributed by atoms with van der Waals surface area (Å²) >= 11 is 12.1. The molecule has 39 heavy (non-hydrogen) atoms. The van der Waals surface area contributed by atoms with E-state index in [1.165, 1.54) is 0 Å². The largest absolute Gasteiger partial charge is 0.424 e. The van der Waals surface area contributed by atoms with E-state index in [0.717, 1.165) is 0 Å². The van der Waals surface area contributed by atoms with Crippen molar-refractivity contribution in [3.05, 3.63) is 125 Å². The van der Waals surface area contributed by atoms with Crippen LogP contribution in [0, 0.1) is 0 Å². The number of halogens is 2. The topological polar surface area (TPSA) is 106 Å². The molecule has 5 rings (SSSR count). The third-order valence-electron chi connectivity index (χ3n) is 4.96. The third-order valence-corrected chi connectivity index (χ3v) is 5.70. The molecule has 0 bridgehead atoms. The van der Waals surface area contributed by atoms with Crippen LogP contribution in [0.15, 0.2) is 125 Å². The summed E-state index contributed by atoms with van der Waals surface area (Å²) in [5.41, 5.74) is 4.02. The summed E-state index contributed by atoms with van der Waals surface area (Å²) in [7, 11) is 0. The van der Waals surface area contributed by atoms with Gasteiger partial charge in [-0.05, 0) is 42.5 Å². The van der Waals surface area contributed by atoms with Crippen LogP contribution in [0.25, 0.3) is 0 Å². The molecule has 0 radical (unpaired) electrons. The number of hydrazone groups is 1. The summed E-state index contributed by atoms with van der Waals surface area (Å²) in [5.74, 6) is 1.42. The van der Waals surface area contributed by atoms with Crippen LogP contribution >= 0.6 is 23.2 Å². The molecule has 9 nitrogen and oxygen atoms in total. The molecule has 0 saturated heterocycles. The summed E-state index contributed by atoms with van der Waals surface area (Å²) in [6.07, 6.45) is 0. The number of para-hydroxylation sites is 2. The first-order valence-electron chi connectivity index (χ1n) is 11.6.